The Hall–Kier alpha value is -1.50. The molecule has 0 unspecified atom stereocenters. The van der Waals surface area contributed by atoms with Crippen LogP contribution in [0.1, 0.15) is 27.2 Å². The number of ether oxygens (including phenoxy) is 1. The highest BCUT2D eigenvalue weighted by atomic mass is 16.5. The number of aromatic nitrogens is 4. The molecule has 18 heavy (non-hydrogen) atoms. The van der Waals surface area contributed by atoms with E-state index in [-0.39, 0.29) is 30.0 Å². The normalized spacial score (nSPS) is 25.5. The summed E-state index contributed by atoms with van der Waals surface area (Å²) in [5.41, 5.74) is -0.0215. The van der Waals surface area contributed by atoms with Crippen LogP contribution in [0.4, 0.5) is 0 Å². The van der Waals surface area contributed by atoms with Gasteiger partial charge in [0.1, 0.15) is 12.9 Å². The average Bonchev–Trinajstić information content (AvgIpc) is 2.80. The molecule has 1 aliphatic rings. The zero-order chi connectivity index (χ0) is 13.2. The maximum atomic E-state index is 11.8. The summed E-state index contributed by atoms with van der Waals surface area (Å²) in [7, 11) is 0. The Morgan fingerprint density at radius 2 is 2.39 bits per heavy atom. The van der Waals surface area contributed by atoms with Crippen molar-refractivity contribution < 1.29 is 9.53 Å². The zero-order valence-corrected chi connectivity index (χ0v) is 11.0. The van der Waals surface area contributed by atoms with Gasteiger partial charge in [-0.15, -0.1) is 5.10 Å². The second-order valence-electron chi connectivity index (χ2n) is 5.13. The van der Waals surface area contributed by atoms with Crippen molar-refractivity contribution in [2.75, 3.05) is 6.61 Å². The SMILES string of the molecule is CCO[C@@H]1C[C@@H](NC(=O)Cn2cnnn2)C1(C)C. The van der Waals surface area contributed by atoms with Crippen molar-refractivity contribution in [2.45, 2.75) is 45.9 Å². The summed E-state index contributed by atoms with van der Waals surface area (Å²) in [6.07, 6.45) is 2.51. The molecule has 2 rings (SSSR count). The molecule has 7 heteroatoms. The van der Waals surface area contributed by atoms with E-state index in [1.165, 1.54) is 11.0 Å². The fourth-order valence-electron chi connectivity index (χ4n) is 2.25. The number of hydrogen-bond donors (Lipinski definition) is 1. The fourth-order valence-corrected chi connectivity index (χ4v) is 2.25. The molecule has 1 aliphatic carbocycles. The number of amides is 1. The molecular formula is C11H19N5O2. The molecule has 1 aromatic rings. The number of tetrazole rings is 1. The summed E-state index contributed by atoms with van der Waals surface area (Å²) in [4.78, 5) is 11.8. The number of carbonyl (C=O) groups is 1. The summed E-state index contributed by atoms with van der Waals surface area (Å²) < 4.78 is 7.03. The highest BCUT2D eigenvalue weighted by Gasteiger charge is 2.49. The Morgan fingerprint density at radius 1 is 1.61 bits per heavy atom. The molecule has 1 saturated carbocycles. The molecular weight excluding hydrogens is 234 g/mol. The van der Waals surface area contributed by atoms with E-state index < -0.39 is 0 Å². The number of nitrogens with one attached hydrogen (secondary N) is 1. The highest BCUT2D eigenvalue weighted by molar-refractivity contribution is 5.76. The topological polar surface area (TPSA) is 81.9 Å². The van der Waals surface area contributed by atoms with E-state index in [1.807, 2.05) is 6.92 Å². The van der Waals surface area contributed by atoms with E-state index >= 15 is 0 Å². The molecule has 0 spiro atoms. The Morgan fingerprint density at radius 3 is 2.94 bits per heavy atom. The minimum absolute atomic E-state index is 0.0215. The van der Waals surface area contributed by atoms with Crippen molar-refractivity contribution in [1.82, 2.24) is 25.5 Å². The van der Waals surface area contributed by atoms with E-state index in [0.717, 1.165) is 6.42 Å². The van der Waals surface area contributed by atoms with E-state index in [1.54, 1.807) is 0 Å². The Labute approximate surface area is 106 Å². The molecule has 0 aliphatic heterocycles. The molecule has 1 heterocycles. The van der Waals surface area contributed by atoms with Gasteiger partial charge in [-0.3, -0.25) is 4.79 Å². The van der Waals surface area contributed by atoms with Gasteiger partial charge in [0.25, 0.3) is 0 Å². The monoisotopic (exact) mass is 253 g/mol. The van der Waals surface area contributed by atoms with Crippen LogP contribution in [0.15, 0.2) is 6.33 Å². The lowest BCUT2D eigenvalue weighted by molar-refractivity contribution is -0.137. The minimum atomic E-state index is -0.0738. The number of nitrogens with zero attached hydrogens (tertiary/aromatic N) is 4. The largest absolute Gasteiger partial charge is 0.378 e. The average molecular weight is 253 g/mol. The summed E-state index contributed by atoms with van der Waals surface area (Å²) in [6, 6.07) is 0.151. The van der Waals surface area contributed by atoms with Crippen molar-refractivity contribution in [1.29, 1.82) is 0 Å². The second kappa shape index (κ2) is 5.01. The Kier molecular flexibility index (Phi) is 3.60. The van der Waals surface area contributed by atoms with Gasteiger partial charge in [-0.2, -0.15) is 0 Å². The first-order valence-corrected chi connectivity index (χ1v) is 6.15. The van der Waals surface area contributed by atoms with E-state index in [2.05, 4.69) is 34.7 Å². The van der Waals surface area contributed by atoms with Crippen molar-refractivity contribution >= 4 is 5.91 Å². The standard InChI is InChI=1S/C11H19N5O2/c1-4-18-9-5-8(11(9,2)3)13-10(17)6-16-7-12-14-15-16/h7-9H,4-6H2,1-3H3,(H,13,17)/t8-,9-/m1/s1. The van der Waals surface area contributed by atoms with Crippen LogP contribution < -0.4 is 5.32 Å². The van der Waals surface area contributed by atoms with Crippen LogP contribution in [0, 0.1) is 5.41 Å². The minimum Gasteiger partial charge on any atom is -0.378 e. The van der Waals surface area contributed by atoms with Gasteiger partial charge in [0.15, 0.2) is 0 Å². The molecule has 1 amide bonds. The van der Waals surface area contributed by atoms with Crippen LogP contribution in [0.5, 0.6) is 0 Å². The maximum Gasteiger partial charge on any atom is 0.242 e. The van der Waals surface area contributed by atoms with Crippen LogP contribution in [0.3, 0.4) is 0 Å². The van der Waals surface area contributed by atoms with Gasteiger partial charge in [-0.05, 0) is 23.8 Å². The van der Waals surface area contributed by atoms with Crippen molar-refractivity contribution in [3.05, 3.63) is 6.33 Å². The molecule has 1 N–H and O–H groups in total. The predicted octanol–water partition coefficient (Wildman–Crippen LogP) is -0.00710. The van der Waals surface area contributed by atoms with Crippen molar-refractivity contribution in [2.24, 2.45) is 5.41 Å². The summed E-state index contributed by atoms with van der Waals surface area (Å²) in [5, 5.41) is 13.6. The first-order chi connectivity index (χ1) is 8.54. The lowest BCUT2D eigenvalue weighted by atomic mass is 9.64. The number of hydrogen-bond acceptors (Lipinski definition) is 5. The van der Waals surface area contributed by atoms with E-state index in [9.17, 15) is 4.79 Å². The third-order valence-electron chi connectivity index (χ3n) is 3.58. The molecule has 0 aromatic carbocycles. The van der Waals surface area contributed by atoms with E-state index in [4.69, 9.17) is 4.74 Å². The van der Waals surface area contributed by atoms with Crippen molar-refractivity contribution in [3.63, 3.8) is 0 Å². The summed E-state index contributed by atoms with van der Waals surface area (Å²) in [6.45, 7) is 7.07. The predicted molar refractivity (Wildman–Crippen MR) is 63.6 cm³/mol. The molecule has 2 atom stereocenters. The fraction of sp³-hybridized carbons (Fsp3) is 0.818. The van der Waals surface area contributed by atoms with Crippen LogP contribution in [0.25, 0.3) is 0 Å². The van der Waals surface area contributed by atoms with Gasteiger partial charge in [0, 0.05) is 18.1 Å². The number of carbonyl (C=O) groups excluding carboxylic acids is 1. The Bertz CT molecular complexity index is 404. The van der Waals surface area contributed by atoms with Gasteiger partial charge >= 0.3 is 0 Å². The third-order valence-corrected chi connectivity index (χ3v) is 3.58. The molecule has 100 valence electrons. The molecule has 1 fully saturated rings. The maximum absolute atomic E-state index is 11.8. The molecule has 7 nitrogen and oxygen atoms in total. The Balaban J connectivity index is 1.82. The third kappa shape index (κ3) is 2.50. The highest BCUT2D eigenvalue weighted by Crippen LogP contribution is 2.42. The molecule has 1 aromatic heterocycles. The molecule has 0 bridgehead atoms. The van der Waals surface area contributed by atoms with Crippen LogP contribution >= 0.6 is 0 Å². The van der Waals surface area contributed by atoms with Gasteiger partial charge in [-0.25, -0.2) is 4.68 Å². The summed E-state index contributed by atoms with van der Waals surface area (Å²) >= 11 is 0. The first-order valence-electron chi connectivity index (χ1n) is 6.15. The zero-order valence-electron chi connectivity index (χ0n) is 11.0. The van der Waals surface area contributed by atoms with E-state index in [0.29, 0.717) is 6.61 Å². The van der Waals surface area contributed by atoms with Gasteiger partial charge in [0.05, 0.1) is 6.10 Å². The van der Waals surface area contributed by atoms with Crippen LogP contribution in [-0.2, 0) is 16.1 Å². The van der Waals surface area contributed by atoms with Crippen LogP contribution in [-0.4, -0.2) is 44.9 Å². The van der Waals surface area contributed by atoms with Crippen molar-refractivity contribution in [3.8, 4) is 0 Å². The molecule has 0 radical (unpaired) electrons. The van der Waals surface area contributed by atoms with Gasteiger partial charge < -0.3 is 10.1 Å². The number of rotatable bonds is 5. The lowest BCUT2D eigenvalue weighted by Crippen LogP contribution is -2.62. The second-order valence-corrected chi connectivity index (χ2v) is 5.13. The van der Waals surface area contributed by atoms with Gasteiger partial charge in [0.2, 0.25) is 5.91 Å². The summed E-state index contributed by atoms with van der Waals surface area (Å²) in [5.74, 6) is -0.0738. The molecule has 0 saturated heterocycles. The lowest BCUT2D eigenvalue weighted by Gasteiger charge is -2.51. The first kappa shape index (κ1) is 12.9. The quantitative estimate of drug-likeness (QED) is 0.798. The van der Waals surface area contributed by atoms with Crippen LogP contribution in [0.2, 0.25) is 0 Å². The van der Waals surface area contributed by atoms with Gasteiger partial charge in [-0.1, -0.05) is 13.8 Å². The smallest absolute Gasteiger partial charge is 0.242 e.